The highest BCUT2D eigenvalue weighted by molar-refractivity contribution is 7.70. The minimum absolute atomic E-state index is 1.27. The van der Waals surface area contributed by atoms with Gasteiger partial charge in [-0.25, -0.2) is 18.7 Å². The average molecular weight is 366 g/mol. The number of carbonyl (C=O) groups is 3. The largest absolute Gasteiger partial charge is 0.472 e. The molecule has 6 N–H and O–H groups in total. The van der Waals surface area contributed by atoms with Crippen molar-refractivity contribution in [3.63, 3.8) is 0 Å². The van der Waals surface area contributed by atoms with Crippen molar-refractivity contribution in [2.45, 2.75) is 12.2 Å². The molecule has 0 saturated heterocycles. The molecule has 0 saturated carbocycles. The molecule has 0 heterocycles. The molecule has 0 aliphatic rings. The molecule has 0 aliphatic heterocycles. The first-order valence-electron chi connectivity index (χ1n) is 5.12. The molecule has 22 heavy (non-hydrogen) atoms. The van der Waals surface area contributed by atoms with Gasteiger partial charge in [0.1, 0.15) is 12.2 Å². The van der Waals surface area contributed by atoms with E-state index in [9.17, 15) is 33.7 Å². The predicted octanol–water partition coefficient (Wildman–Crippen LogP) is -0.963. The summed E-state index contributed by atoms with van der Waals surface area (Å²) in [4.78, 5) is 49.2. The van der Waals surface area contributed by atoms with Crippen LogP contribution >= 0.6 is 15.2 Å². The van der Waals surface area contributed by atoms with Crippen LogP contribution < -0.4 is 0 Å². The lowest BCUT2D eigenvalue weighted by molar-refractivity contribution is -0.138. The molecule has 0 fully saturated rings. The zero-order valence-electron chi connectivity index (χ0n) is 10.5. The van der Waals surface area contributed by atoms with Crippen LogP contribution in [0.15, 0.2) is 0 Å². The van der Waals surface area contributed by atoms with Crippen molar-refractivity contribution < 1.29 is 62.8 Å². The molecule has 0 rings (SSSR count). The maximum absolute atomic E-state index is 11.3. The van der Waals surface area contributed by atoms with Crippen LogP contribution in [0.25, 0.3) is 0 Å². The maximum atomic E-state index is 11.3. The highest BCUT2D eigenvalue weighted by Gasteiger charge is 2.35. The van der Waals surface area contributed by atoms with Crippen LogP contribution in [-0.4, -0.2) is 72.8 Å². The highest BCUT2D eigenvalue weighted by atomic mass is 31.2. The highest BCUT2D eigenvalue weighted by Crippen LogP contribution is 2.43. The van der Waals surface area contributed by atoms with Crippen LogP contribution in [0.5, 0.6) is 0 Å². The summed E-state index contributed by atoms with van der Waals surface area (Å²) < 4.78 is 29.5. The molecule has 0 aromatic carbocycles. The van der Waals surface area contributed by atoms with E-state index in [2.05, 4.69) is 9.05 Å². The van der Waals surface area contributed by atoms with Crippen molar-refractivity contribution in [3.8, 4) is 0 Å². The number of carbonyl (C=O) groups excluding carboxylic acids is 1. The minimum Gasteiger partial charge on any atom is -0.472 e. The van der Waals surface area contributed by atoms with Gasteiger partial charge in [-0.05, 0) is 0 Å². The number of Topliss-reactive ketones (excluding diaryl/α,β-unsaturated/α-hetero) is 1. The van der Waals surface area contributed by atoms with Gasteiger partial charge in [0.05, 0.1) is 13.2 Å². The van der Waals surface area contributed by atoms with E-state index in [1.54, 1.807) is 0 Å². The monoisotopic (exact) mass is 366 g/mol. The van der Waals surface area contributed by atoms with E-state index in [0.717, 1.165) is 0 Å². The fourth-order valence-corrected chi connectivity index (χ4v) is 1.75. The van der Waals surface area contributed by atoms with Gasteiger partial charge in [0.25, 0.3) is 0 Å². The van der Waals surface area contributed by atoms with Crippen molar-refractivity contribution in [3.05, 3.63) is 0 Å². The van der Waals surface area contributed by atoms with E-state index in [4.69, 9.17) is 20.0 Å². The SMILES string of the molecule is O=C(C(O)COP(=O)(O)C(=O)O)[C@H](O)COP(=O)(O)C(=O)O. The van der Waals surface area contributed by atoms with E-state index in [0.29, 0.717) is 0 Å². The first kappa shape index (κ1) is 20.8. The second-order valence-electron chi connectivity index (χ2n) is 3.63. The summed E-state index contributed by atoms with van der Waals surface area (Å²) in [6, 6.07) is 0. The minimum atomic E-state index is -5.11. The van der Waals surface area contributed by atoms with Crippen LogP contribution in [0, 0.1) is 0 Å². The normalized spacial score (nSPS) is 19.5. The van der Waals surface area contributed by atoms with Crippen LogP contribution in [-0.2, 0) is 23.0 Å². The van der Waals surface area contributed by atoms with Crippen molar-refractivity contribution >= 4 is 32.4 Å². The summed E-state index contributed by atoms with van der Waals surface area (Å²) in [6.07, 6.45) is -4.53. The smallest absolute Gasteiger partial charge is 0.435 e. The average Bonchev–Trinajstić information content (AvgIpc) is 2.41. The Bertz CT molecular complexity index is 495. The first-order chi connectivity index (χ1) is 9.81. The van der Waals surface area contributed by atoms with Crippen LogP contribution in [0.3, 0.4) is 0 Å². The predicted molar refractivity (Wildman–Crippen MR) is 64.6 cm³/mol. The Kier molecular flexibility index (Phi) is 7.48. The maximum Gasteiger partial charge on any atom is 0.435 e. The van der Waals surface area contributed by atoms with Crippen LogP contribution in [0.4, 0.5) is 9.59 Å². The third kappa shape index (κ3) is 6.30. The van der Waals surface area contributed by atoms with E-state index in [-0.39, 0.29) is 0 Å². The second kappa shape index (κ2) is 7.90. The third-order valence-electron chi connectivity index (χ3n) is 1.96. The number of ketones is 1. The molecule has 0 radical (unpaired) electrons. The third-order valence-corrected chi connectivity index (χ3v) is 3.92. The molecule has 0 amide bonds. The molecule has 0 aromatic heterocycles. The Balaban J connectivity index is 4.52. The van der Waals surface area contributed by atoms with Gasteiger partial charge in [0, 0.05) is 0 Å². The first-order valence-corrected chi connectivity index (χ1v) is 8.28. The summed E-state index contributed by atoms with van der Waals surface area (Å²) in [6.45, 7) is -2.54. The quantitative estimate of drug-likeness (QED) is 0.256. The van der Waals surface area contributed by atoms with Crippen LogP contribution in [0.2, 0.25) is 0 Å². The van der Waals surface area contributed by atoms with Crippen molar-refractivity contribution in [2.24, 2.45) is 0 Å². The number of rotatable bonds is 10. The number of aliphatic hydroxyl groups excluding tert-OH is 2. The molecule has 15 heteroatoms. The molecule has 0 bridgehead atoms. The van der Waals surface area contributed by atoms with Crippen molar-refractivity contribution in [2.75, 3.05) is 13.2 Å². The zero-order valence-corrected chi connectivity index (χ0v) is 12.3. The number of aliphatic hydroxyl groups is 2. The lowest BCUT2D eigenvalue weighted by atomic mass is 10.1. The molecule has 0 aliphatic carbocycles. The summed E-state index contributed by atoms with van der Waals surface area (Å²) in [7, 11) is -10.2. The van der Waals surface area contributed by atoms with Crippen molar-refractivity contribution in [1.82, 2.24) is 0 Å². The lowest BCUT2D eigenvalue weighted by Crippen LogP contribution is -2.37. The zero-order chi connectivity index (χ0) is 17.7. The molecule has 3 unspecified atom stereocenters. The van der Waals surface area contributed by atoms with Gasteiger partial charge in [-0.3, -0.25) is 13.8 Å². The topological polar surface area (TPSA) is 225 Å². The van der Waals surface area contributed by atoms with Gasteiger partial charge in [-0.15, -0.1) is 0 Å². The summed E-state index contributed by atoms with van der Waals surface area (Å²) in [5.41, 5.74) is -4.47. The second-order valence-corrected chi connectivity index (χ2v) is 6.99. The molecular weight excluding hydrogens is 354 g/mol. The molecule has 0 aromatic rings. The lowest BCUT2D eigenvalue weighted by Gasteiger charge is -2.16. The molecule has 0 spiro atoms. The fourth-order valence-electron chi connectivity index (χ4n) is 0.840. The van der Waals surface area contributed by atoms with Gasteiger partial charge in [0.15, 0.2) is 5.78 Å². The summed E-state index contributed by atoms with van der Waals surface area (Å²) >= 11 is 0. The van der Waals surface area contributed by atoms with Gasteiger partial charge in [-0.2, -0.15) is 0 Å². The number of hydrogen-bond donors (Lipinski definition) is 6. The van der Waals surface area contributed by atoms with Gasteiger partial charge in [0.2, 0.25) is 0 Å². The van der Waals surface area contributed by atoms with Crippen molar-refractivity contribution in [1.29, 1.82) is 0 Å². The van der Waals surface area contributed by atoms with E-state index < -0.39 is 57.8 Å². The Hall–Kier alpha value is -1.17. The Labute approximate surface area is 121 Å². The molecular formula is C7H12O13P2. The van der Waals surface area contributed by atoms with Gasteiger partial charge >= 0.3 is 26.6 Å². The van der Waals surface area contributed by atoms with E-state index in [1.165, 1.54) is 0 Å². The summed E-state index contributed by atoms with van der Waals surface area (Å²) in [5.74, 6) is -1.52. The number of carboxylic acid groups (broad SMARTS) is 2. The van der Waals surface area contributed by atoms with Gasteiger partial charge in [-0.1, -0.05) is 0 Å². The Morgan fingerprint density at radius 3 is 1.32 bits per heavy atom. The number of hydrogen-bond acceptors (Lipinski definition) is 9. The standard InChI is InChI=1S/C7H12O13P2/c8-3(1-19-21(15,16)6(11)12)5(10)4(9)2-20-22(17,18)7(13)14/h3-4,8-9H,1-2H2,(H,11,12)(H,13,14)(H,15,16)(H,17,18)/t3-,4?/m1/s1. The fraction of sp³-hybridized carbons (Fsp3) is 0.571. The van der Waals surface area contributed by atoms with Gasteiger partial charge < -0.3 is 30.2 Å². The molecule has 4 atom stereocenters. The van der Waals surface area contributed by atoms with Crippen LogP contribution in [0.1, 0.15) is 0 Å². The summed E-state index contributed by atoms with van der Waals surface area (Å²) in [5, 5.41) is 34.9. The Morgan fingerprint density at radius 1 is 0.818 bits per heavy atom. The van der Waals surface area contributed by atoms with E-state index in [1.807, 2.05) is 0 Å². The molecule has 128 valence electrons. The Morgan fingerprint density at radius 2 is 1.09 bits per heavy atom. The van der Waals surface area contributed by atoms with E-state index >= 15 is 0 Å². The molecule has 13 nitrogen and oxygen atoms in total.